The molecule has 3 N–H and O–H groups in total. The Morgan fingerprint density at radius 3 is 2.56 bits per heavy atom. The SMILES string of the molecule is CC(NC(=O)c1cc(Cl)ccc1N)C(=O)N(C)C. The normalized spacial score (nSPS) is 11.8. The number of hydrogen-bond donors (Lipinski definition) is 2. The summed E-state index contributed by atoms with van der Waals surface area (Å²) >= 11 is 5.80. The van der Waals surface area contributed by atoms with Crippen LogP contribution in [0.5, 0.6) is 0 Å². The second-order valence-electron chi connectivity index (χ2n) is 4.16. The highest BCUT2D eigenvalue weighted by Gasteiger charge is 2.19. The first kappa shape index (κ1) is 14.3. The van der Waals surface area contributed by atoms with E-state index in [1.165, 1.54) is 11.0 Å². The average molecular weight is 270 g/mol. The van der Waals surface area contributed by atoms with Crippen LogP contribution in [-0.4, -0.2) is 36.9 Å². The Balaban J connectivity index is 2.83. The quantitative estimate of drug-likeness (QED) is 0.808. The predicted molar refractivity (Wildman–Crippen MR) is 71.5 cm³/mol. The van der Waals surface area contributed by atoms with Crippen LogP contribution in [-0.2, 0) is 4.79 Å². The maximum Gasteiger partial charge on any atom is 0.254 e. The van der Waals surface area contributed by atoms with E-state index < -0.39 is 11.9 Å². The van der Waals surface area contributed by atoms with Crippen molar-refractivity contribution < 1.29 is 9.59 Å². The zero-order chi connectivity index (χ0) is 13.9. The van der Waals surface area contributed by atoms with Crippen LogP contribution in [0.1, 0.15) is 17.3 Å². The van der Waals surface area contributed by atoms with Gasteiger partial charge in [0.15, 0.2) is 0 Å². The van der Waals surface area contributed by atoms with Gasteiger partial charge in [0.1, 0.15) is 6.04 Å². The van der Waals surface area contributed by atoms with Gasteiger partial charge in [-0.2, -0.15) is 0 Å². The van der Waals surface area contributed by atoms with E-state index in [0.717, 1.165) is 0 Å². The van der Waals surface area contributed by atoms with Crippen LogP contribution in [0.2, 0.25) is 5.02 Å². The number of carbonyl (C=O) groups is 2. The number of anilines is 1. The van der Waals surface area contributed by atoms with Gasteiger partial charge in [-0.1, -0.05) is 11.6 Å². The van der Waals surface area contributed by atoms with Crippen LogP contribution >= 0.6 is 11.6 Å². The maximum absolute atomic E-state index is 11.9. The van der Waals surface area contributed by atoms with Gasteiger partial charge in [0, 0.05) is 24.8 Å². The predicted octanol–water partition coefficient (Wildman–Crippen LogP) is 1.13. The summed E-state index contributed by atoms with van der Waals surface area (Å²) in [7, 11) is 3.25. The first-order chi connectivity index (χ1) is 8.32. The molecule has 1 rings (SSSR count). The zero-order valence-electron chi connectivity index (χ0n) is 10.5. The Bertz CT molecular complexity index is 474. The molecule has 0 saturated heterocycles. The molecule has 0 aromatic heterocycles. The second-order valence-corrected chi connectivity index (χ2v) is 4.60. The lowest BCUT2D eigenvalue weighted by Crippen LogP contribution is -2.44. The largest absolute Gasteiger partial charge is 0.398 e. The molecule has 18 heavy (non-hydrogen) atoms. The summed E-state index contributed by atoms with van der Waals surface area (Å²) in [6.07, 6.45) is 0. The van der Waals surface area contributed by atoms with E-state index in [0.29, 0.717) is 10.7 Å². The van der Waals surface area contributed by atoms with Gasteiger partial charge < -0.3 is 16.0 Å². The molecule has 0 saturated carbocycles. The first-order valence-electron chi connectivity index (χ1n) is 5.40. The molecule has 0 aliphatic heterocycles. The molecular formula is C12H16ClN3O2. The Kier molecular flexibility index (Phi) is 4.55. The second kappa shape index (κ2) is 5.73. The Morgan fingerprint density at radius 1 is 1.39 bits per heavy atom. The number of nitrogens with one attached hydrogen (secondary N) is 1. The Hall–Kier alpha value is -1.75. The van der Waals surface area contributed by atoms with Crippen molar-refractivity contribution in [1.82, 2.24) is 10.2 Å². The molecule has 0 heterocycles. The van der Waals surface area contributed by atoms with E-state index in [4.69, 9.17) is 17.3 Å². The lowest BCUT2D eigenvalue weighted by molar-refractivity contribution is -0.130. The smallest absolute Gasteiger partial charge is 0.254 e. The van der Waals surface area contributed by atoms with Crippen LogP contribution in [0, 0.1) is 0 Å². The number of likely N-dealkylation sites (N-methyl/N-ethyl adjacent to an activating group) is 1. The molecule has 1 aromatic rings. The number of nitrogens with zero attached hydrogens (tertiary/aromatic N) is 1. The topological polar surface area (TPSA) is 75.4 Å². The van der Waals surface area contributed by atoms with E-state index in [1.54, 1.807) is 33.2 Å². The maximum atomic E-state index is 11.9. The van der Waals surface area contributed by atoms with Gasteiger partial charge in [0.05, 0.1) is 5.56 Å². The zero-order valence-corrected chi connectivity index (χ0v) is 11.3. The summed E-state index contributed by atoms with van der Waals surface area (Å²) in [5.41, 5.74) is 6.27. The van der Waals surface area contributed by atoms with Gasteiger partial charge in [0.25, 0.3) is 5.91 Å². The van der Waals surface area contributed by atoms with Crippen LogP contribution in [0.25, 0.3) is 0 Å². The fourth-order valence-electron chi connectivity index (χ4n) is 1.45. The van der Waals surface area contributed by atoms with Crippen LogP contribution in [0.4, 0.5) is 5.69 Å². The van der Waals surface area contributed by atoms with Gasteiger partial charge in [-0.15, -0.1) is 0 Å². The van der Waals surface area contributed by atoms with Crippen molar-refractivity contribution in [2.45, 2.75) is 13.0 Å². The molecule has 5 nitrogen and oxygen atoms in total. The van der Waals surface area contributed by atoms with Gasteiger partial charge in [-0.05, 0) is 25.1 Å². The van der Waals surface area contributed by atoms with E-state index in [9.17, 15) is 9.59 Å². The molecule has 0 bridgehead atoms. The summed E-state index contributed by atoms with van der Waals surface area (Å²) in [6.45, 7) is 1.61. The third-order valence-electron chi connectivity index (χ3n) is 2.42. The molecular weight excluding hydrogens is 254 g/mol. The summed E-state index contributed by atoms with van der Waals surface area (Å²) in [5.74, 6) is -0.610. The van der Waals surface area contributed by atoms with E-state index in [2.05, 4.69) is 5.32 Å². The third kappa shape index (κ3) is 3.37. The van der Waals surface area contributed by atoms with E-state index in [1.807, 2.05) is 0 Å². The van der Waals surface area contributed by atoms with Crippen LogP contribution in [0.15, 0.2) is 18.2 Å². The minimum absolute atomic E-state index is 0.191. The molecule has 1 atom stereocenters. The Morgan fingerprint density at radius 2 is 2.00 bits per heavy atom. The number of rotatable bonds is 3. The number of hydrogen-bond acceptors (Lipinski definition) is 3. The lowest BCUT2D eigenvalue weighted by Gasteiger charge is -2.18. The molecule has 1 aromatic carbocycles. The standard InChI is InChI=1S/C12H16ClN3O2/c1-7(12(18)16(2)3)15-11(17)9-6-8(13)4-5-10(9)14/h4-7H,14H2,1-3H3,(H,15,17). The fourth-order valence-corrected chi connectivity index (χ4v) is 1.62. The van der Waals surface area contributed by atoms with Crippen molar-refractivity contribution in [2.24, 2.45) is 0 Å². The number of amides is 2. The summed E-state index contributed by atoms with van der Waals surface area (Å²) in [5, 5.41) is 2.99. The number of nitrogens with two attached hydrogens (primary N) is 1. The number of nitrogen functional groups attached to an aromatic ring is 1. The minimum Gasteiger partial charge on any atom is -0.398 e. The van der Waals surface area contributed by atoms with Crippen LogP contribution in [0.3, 0.4) is 0 Å². The molecule has 98 valence electrons. The molecule has 0 aliphatic rings. The molecule has 6 heteroatoms. The van der Waals surface area contributed by atoms with Crippen molar-refractivity contribution in [1.29, 1.82) is 0 Å². The first-order valence-corrected chi connectivity index (χ1v) is 5.77. The highest BCUT2D eigenvalue weighted by atomic mass is 35.5. The van der Waals surface area contributed by atoms with Crippen molar-refractivity contribution in [3.63, 3.8) is 0 Å². The van der Waals surface area contributed by atoms with Crippen molar-refractivity contribution >= 4 is 29.1 Å². The van der Waals surface area contributed by atoms with Crippen LogP contribution < -0.4 is 11.1 Å². The molecule has 2 amide bonds. The molecule has 0 aliphatic carbocycles. The summed E-state index contributed by atoms with van der Waals surface area (Å²) in [6, 6.07) is 4.00. The van der Waals surface area contributed by atoms with Gasteiger partial charge >= 0.3 is 0 Å². The molecule has 1 unspecified atom stereocenters. The van der Waals surface area contributed by atoms with Crippen molar-refractivity contribution in [2.75, 3.05) is 19.8 Å². The molecule has 0 fully saturated rings. The highest BCUT2D eigenvalue weighted by molar-refractivity contribution is 6.31. The van der Waals surface area contributed by atoms with E-state index in [-0.39, 0.29) is 11.5 Å². The summed E-state index contributed by atoms with van der Waals surface area (Å²) < 4.78 is 0. The monoisotopic (exact) mass is 269 g/mol. The Labute approximate surface area is 111 Å². The average Bonchev–Trinajstić information content (AvgIpc) is 2.30. The number of carbonyl (C=O) groups excluding carboxylic acids is 2. The van der Waals surface area contributed by atoms with Gasteiger partial charge in [-0.25, -0.2) is 0 Å². The fraction of sp³-hybridized carbons (Fsp3) is 0.333. The van der Waals surface area contributed by atoms with Gasteiger partial charge in [-0.3, -0.25) is 9.59 Å². The van der Waals surface area contributed by atoms with Gasteiger partial charge in [0.2, 0.25) is 5.91 Å². The number of halogens is 1. The number of benzene rings is 1. The van der Waals surface area contributed by atoms with Crippen molar-refractivity contribution in [3.8, 4) is 0 Å². The lowest BCUT2D eigenvalue weighted by atomic mass is 10.1. The minimum atomic E-state index is -0.620. The summed E-state index contributed by atoms with van der Waals surface area (Å²) in [4.78, 5) is 25.0. The van der Waals surface area contributed by atoms with E-state index >= 15 is 0 Å². The highest BCUT2D eigenvalue weighted by Crippen LogP contribution is 2.17. The third-order valence-corrected chi connectivity index (χ3v) is 2.65. The molecule has 0 spiro atoms. The van der Waals surface area contributed by atoms with Crippen molar-refractivity contribution in [3.05, 3.63) is 28.8 Å². The molecule has 0 radical (unpaired) electrons.